The summed E-state index contributed by atoms with van der Waals surface area (Å²) < 4.78 is 11.3. The molecule has 8 nitrogen and oxygen atoms in total. The highest BCUT2D eigenvalue weighted by atomic mass is 16.7. The van der Waals surface area contributed by atoms with Crippen molar-refractivity contribution in [1.82, 2.24) is 10.2 Å². The number of aromatic nitrogens is 2. The predicted octanol–water partition coefficient (Wildman–Crippen LogP) is 1.64. The topological polar surface area (TPSA) is 128 Å². The Bertz CT molecular complexity index is 907. The van der Waals surface area contributed by atoms with Crippen LogP contribution in [0.2, 0.25) is 0 Å². The number of ether oxygens (including phenoxy) is 2. The molecule has 5 N–H and O–H groups in total. The first kappa shape index (κ1) is 23.4. The molecular formula is C23H32N2O6. The summed E-state index contributed by atoms with van der Waals surface area (Å²) in [6, 6.07) is 6.23. The highest BCUT2D eigenvalue weighted by Gasteiger charge is 2.45. The lowest BCUT2D eigenvalue weighted by atomic mass is 9.95. The van der Waals surface area contributed by atoms with Crippen LogP contribution in [0.25, 0.3) is 6.08 Å². The molecule has 1 aromatic heterocycles. The van der Waals surface area contributed by atoms with Gasteiger partial charge in [0.15, 0.2) is 0 Å². The van der Waals surface area contributed by atoms with Crippen molar-refractivity contribution in [2.75, 3.05) is 6.61 Å². The number of aliphatic hydroxyl groups excluding tert-OH is 4. The molecule has 0 bridgehead atoms. The normalized spacial score (nSPS) is 26.7. The molecule has 1 aliphatic rings. The minimum Gasteiger partial charge on any atom is -0.443 e. The van der Waals surface area contributed by atoms with Crippen LogP contribution in [0.3, 0.4) is 0 Å². The molecule has 1 saturated heterocycles. The van der Waals surface area contributed by atoms with Gasteiger partial charge < -0.3 is 29.9 Å². The molecule has 0 unspecified atom stereocenters. The van der Waals surface area contributed by atoms with Gasteiger partial charge in [-0.3, -0.25) is 5.10 Å². The molecule has 8 heteroatoms. The lowest BCUT2D eigenvalue weighted by Gasteiger charge is -2.39. The Morgan fingerprint density at radius 1 is 1.19 bits per heavy atom. The summed E-state index contributed by atoms with van der Waals surface area (Å²) in [5.41, 5.74) is 5.09. The van der Waals surface area contributed by atoms with E-state index in [0.717, 1.165) is 27.9 Å². The van der Waals surface area contributed by atoms with Crippen LogP contribution >= 0.6 is 0 Å². The summed E-state index contributed by atoms with van der Waals surface area (Å²) in [7, 11) is 0. The highest BCUT2D eigenvalue weighted by molar-refractivity contribution is 5.52. The van der Waals surface area contributed by atoms with Crippen molar-refractivity contribution in [3.63, 3.8) is 0 Å². The van der Waals surface area contributed by atoms with Crippen LogP contribution in [0.1, 0.15) is 54.6 Å². The first-order valence-electron chi connectivity index (χ1n) is 10.5. The van der Waals surface area contributed by atoms with Crippen molar-refractivity contribution < 1.29 is 29.9 Å². The van der Waals surface area contributed by atoms with Gasteiger partial charge in [-0.2, -0.15) is 0 Å². The van der Waals surface area contributed by atoms with E-state index >= 15 is 0 Å². The van der Waals surface area contributed by atoms with Gasteiger partial charge in [0.1, 0.15) is 24.4 Å². The number of nitrogens with zero attached hydrogens (tertiary/aromatic N) is 1. The number of rotatable bonds is 7. The minimum absolute atomic E-state index is 0.150. The predicted molar refractivity (Wildman–Crippen MR) is 116 cm³/mol. The Morgan fingerprint density at radius 2 is 1.94 bits per heavy atom. The summed E-state index contributed by atoms with van der Waals surface area (Å²) in [4.78, 5) is 0. The Hall–Kier alpha value is -2.23. The largest absolute Gasteiger partial charge is 0.443 e. The SMILES string of the molecule is C/C=C/c1ccc(Cc2c(O[C@@H]3O[C@H](CO)[C@@H](O)[C@H](O)[C@H]3O)n[nH]c2C(C)C)c(C)c1. The molecule has 0 radical (unpaired) electrons. The maximum Gasteiger partial charge on any atom is 0.238 e. The van der Waals surface area contributed by atoms with Crippen molar-refractivity contribution in [2.45, 2.75) is 70.7 Å². The van der Waals surface area contributed by atoms with E-state index in [1.807, 2.05) is 32.9 Å². The van der Waals surface area contributed by atoms with Crippen molar-refractivity contribution >= 4 is 6.08 Å². The monoisotopic (exact) mass is 432 g/mol. The second-order valence-corrected chi connectivity index (χ2v) is 8.25. The number of nitrogens with one attached hydrogen (secondary N) is 1. The average molecular weight is 433 g/mol. The summed E-state index contributed by atoms with van der Waals surface area (Å²) in [5, 5.41) is 47.0. The van der Waals surface area contributed by atoms with Crippen LogP contribution in [-0.4, -0.2) is 67.9 Å². The first-order valence-corrected chi connectivity index (χ1v) is 10.5. The zero-order valence-corrected chi connectivity index (χ0v) is 18.3. The maximum absolute atomic E-state index is 10.3. The molecule has 5 atom stereocenters. The fourth-order valence-corrected chi connectivity index (χ4v) is 3.79. The van der Waals surface area contributed by atoms with Gasteiger partial charge in [-0.05, 0) is 36.5 Å². The smallest absolute Gasteiger partial charge is 0.238 e. The summed E-state index contributed by atoms with van der Waals surface area (Å²) in [5.74, 6) is 0.405. The quantitative estimate of drug-likeness (QED) is 0.450. The Morgan fingerprint density at radius 3 is 2.55 bits per heavy atom. The van der Waals surface area contributed by atoms with E-state index < -0.39 is 37.3 Å². The van der Waals surface area contributed by atoms with Crippen LogP contribution in [0, 0.1) is 6.92 Å². The zero-order valence-electron chi connectivity index (χ0n) is 18.3. The van der Waals surface area contributed by atoms with Gasteiger partial charge in [0, 0.05) is 17.7 Å². The van der Waals surface area contributed by atoms with Crippen LogP contribution in [0.5, 0.6) is 5.88 Å². The first-order chi connectivity index (χ1) is 14.8. The maximum atomic E-state index is 10.3. The number of aromatic amines is 1. The number of benzene rings is 1. The van der Waals surface area contributed by atoms with Gasteiger partial charge in [0.05, 0.1) is 6.61 Å². The Labute approximate surface area is 182 Å². The number of aliphatic hydroxyl groups is 4. The molecule has 3 rings (SSSR count). The van der Waals surface area contributed by atoms with Gasteiger partial charge in [-0.1, -0.05) is 44.2 Å². The van der Waals surface area contributed by atoms with E-state index in [1.165, 1.54) is 0 Å². The second-order valence-electron chi connectivity index (χ2n) is 8.25. The van der Waals surface area contributed by atoms with Gasteiger partial charge in [-0.15, -0.1) is 5.10 Å². The Balaban J connectivity index is 1.89. The standard InChI is InChI=1S/C23H32N2O6/c1-5-6-14-7-8-15(13(4)9-14)10-16-18(12(2)3)24-25-22(16)31-23-21(29)20(28)19(27)17(11-26)30-23/h5-9,12,17,19-21,23,26-29H,10-11H2,1-4H3,(H,24,25)/b6-5+/t17-,19-,20+,21-,23+/m1/s1. The average Bonchev–Trinajstić information content (AvgIpc) is 3.13. The van der Waals surface area contributed by atoms with Gasteiger partial charge in [-0.25, -0.2) is 0 Å². The van der Waals surface area contributed by atoms with Crippen molar-refractivity contribution in [3.8, 4) is 5.88 Å². The fraction of sp³-hybridized carbons (Fsp3) is 0.522. The van der Waals surface area contributed by atoms with Crippen molar-refractivity contribution in [2.24, 2.45) is 0 Å². The third-order valence-corrected chi connectivity index (χ3v) is 5.61. The number of H-pyrrole nitrogens is 1. The fourth-order valence-electron chi connectivity index (χ4n) is 3.79. The summed E-state index contributed by atoms with van der Waals surface area (Å²) in [6.07, 6.45) is -2.18. The molecule has 1 fully saturated rings. The van der Waals surface area contributed by atoms with E-state index in [2.05, 4.69) is 35.3 Å². The minimum atomic E-state index is -1.51. The van der Waals surface area contributed by atoms with Crippen LogP contribution in [0.4, 0.5) is 0 Å². The van der Waals surface area contributed by atoms with E-state index in [1.54, 1.807) is 0 Å². The van der Waals surface area contributed by atoms with E-state index in [9.17, 15) is 20.4 Å². The molecule has 2 heterocycles. The van der Waals surface area contributed by atoms with Crippen molar-refractivity contribution in [3.05, 3.63) is 52.2 Å². The molecule has 170 valence electrons. The lowest BCUT2D eigenvalue weighted by Crippen LogP contribution is -2.60. The van der Waals surface area contributed by atoms with Crippen LogP contribution < -0.4 is 4.74 Å². The lowest BCUT2D eigenvalue weighted by molar-refractivity contribution is -0.278. The summed E-state index contributed by atoms with van der Waals surface area (Å²) >= 11 is 0. The van der Waals surface area contributed by atoms with E-state index in [0.29, 0.717) is 6.42 Å². The van der Waals surface area contributed by atoms with Crippen LogP contribution in [-0.2, 0) is 11.2 Å². The third kappa shape index (κ3) is 4.99. The molecule has 1 aromatic carbocycles. The highest BCUT2D eigenvalue weighted by Crippen LogP contribution is 2.31. The molecule has 31 heavy (non-hydrogen) atoms. The van der Waals surface area contributed by atoms with Gasteiger partial charge >= 0.3 is 0 Å². The van der Waals surface area contributed by atoms with Gasteiger partial charge in [0.2, 0.25) is 12.2 Å². The second kappa shape index (κ2) is 9.93. The Kier molecular flexibility index (Phi) is 7.51. The van der Waals surface area contributed by atoms with Crippen LogP contribution in [0.15, 0.2) is 24.3 Å². The van der Waals surface area contributed by atoms with E-state index in [4.69, 9.17) is 9.47 Å². The number of allylic oxidation sites excluding steroid dienone is 1. The molecule has 0 spiro atoms. The molecule has 0 aliphatic carbocycles. The molecule has 0 saturated carbocycles. The molecule has 0 amide bonds. The third-order valence-electron chi connectivity index (χ3n) is 5.61. The van der Waals surface area contributed by atoms with Gasteiger partial charge in [0.25, 0.3) is 0 Å². The number of hydrogen-bond donors (Lipinski definition) is 5. The molecular weight excluding hydrogens is 400 g/mol. The number of hydrogen-bond acceptors (Lipinski definition) is 7. The molecule has 2 aromatic rings. The zero-order chi connectivity index (χ0) is 22.7. The summed E-state index contributed by atoms with van der Waals surface area (Å²) in [6.45, 7) is 7.59. The van der Waals surface area contributed by atoms with E-state index in [-0.39, 0.29) is 11.8 Å². The number of aryl methyl sites for hydroxylation is 1. The van der Waals surface area contributed by atoms with Crippen molar-refractivity contribution in [1.29, 1.82) is 0 Å². The molecule has 1 aliphatic heterocycles.